The Morgan fingerprint density at radius 1 is 1.32 bits per heavy atom. The highest BCUT2D eigenvalue weighted by molar-refractivity contribution is 8.01. The molecule has 0 amide bonds. The quantitative estimate of drug-likeness (QED) is 0.415. The summed E-state index contributed by atoms with van der Waals surface area (Å²) in [6, 6.07) is 4.14. The fraction of sp³-hybridized carbons (Fsp3) is 0.278. The highest BCUT2D eigenvalue weighted by atomic mass is 32.2. The first kappa shape index (κ1) is 20.5. The lowest BCUT2D eigenvalue weighted by molar-refractivity contribution is -0.136. The molecule has 1 N–H and O–H groups in total. The van der Waals surface area contributed by atoms with Crippen molar-refractivity contribution in [3.63, 3.8) is 0 Å². The number of carboxylic acids is 1. The van der Waals surface area contributed by atoms with Crippen molar-refractivity contribution >= 4 is 40.0 Å². The molecule has 1 aromatic carbocycles. The van der Waals surface area contributed by atoms with Gasteiger partial charge in [-0.3, -0.25) is 4.79 Å². The predicted octanol–water partition coefficient (Wildman–Crippen LogP) is 5.45. The summed E-state index contributed by atoms with van der Waals surface area (Å²) in [6.07, 6.45) is -0.261. The molecule has 2 heterocycles. The van der Waals surface area contributed by atoms with Gasteiger partial charge in [0, 0.05) is 23.7 Å². The van der Waals surface area contributed by atoms with Gasteiger partial charge in [-0.25, -0.2) is 4.39 Å². The topological polar surface area (TPSA) is 51.5 Å². The fourth-order valence-electron chi connectivity index (χ4n) is 3.07. The van der Waals surface area contributed by atoms with Crippen molar-refractivity contribution in [2.75, 3.05) is 7.11 Å². The third-order valence-corrected chi connectivity index (χ3v) is 6.10. The van der Waals surface area contributed by atoms with Gasteiger partial charge < -0.3 is 14.4 Å². The molecule has 4 nitrogen and oxygen atoms in total. The van der Waals surface area contributed by atoms with Crippen LogP contribution in [0, 0.1) is 12.7 Å². The third-order valence-electron chi connectivity index (χ3n) is 4.24. The molecule has 0 radical (unpaired) electrons. The number of fused-ring (bicyclic) bond motifs is 1. The van der Waals surface area contributed by atoms with E-state index in [4.69, 9.17) is 4.74 Å². The Balaban J connectivity index is 2.06. The normalized spacial score (nSPS) is 11.9. The number of carbonyl (C=O) groups is 1. The number of thioether (sulfide) groups is 1. The Bertz CT molecular complexity index is 1040. The van der Waals surface area contributed by atoms with E-state index < -0.39 is 17.3 Å². The molecule has 28 heavy (non-hydrogen) atoms. The van der Waals surface area contributed by atoms with Crippen molar-refractivity contribution in [3.8, 4) is 5.75 Å². The summed E-state index contributed by atoms with van der Waals surface area (Å²) in [7, 11) is 1.32. The number of rotatable bonds is 6. The molecule has 150 valence electrons. The van der Waals surface area contributed by atoms with Crippen LogP contribution in [0.5, 0.6) is 5.75 Å². The summed E-state index contributed by atoms with van der Waals surface area (Å²) in [6.45, 7) is 1.91. The highest BCUT2D eigenvalue weighted by Crippen LogP contribution is 2.40. The summed E-state index contributed by atoms with van der Waals surface area (Å²) < 4.78 is 58.7. The zero-order valence-corrected chi connectivity index (χ0v) is 16.4. The zero-order valence-electron chi connectivity index (χ0n) is 14.8. The lowest BCUT2D eigenvalue weighted by atomic mass is 10.1. The van der Waals surface area contributed by atoms with Gasteiger partial charge in [0.05, 0.1) is 23.3 Å². The molecule has 0 fully saturated rings. The molecule has 0 aliphatic heterocycles. The van der Waals surface area contributed by atoms with Gasteiger partial charge in [0.15, 0.2) is 11.6 Å². The average molecular weight is 433 g/mol. The van der Waals surface area contributed by atoms with Crippen molar-refractivity contribution in [3.05, 3.63) is 46.2 Å². The number of methoxy groups -OCH3 is 1. The number of hydrogen-bond donors (Lipinski definition) is 1. The largest absolute Gasteiger partial charge is 0.494 e. The van der Waals surface area contributed by atoms with Crippen LogP contribution >= 0.6 is 23.1 Å². The van der Waals surface area contributed by atoms with E-state index in [1.165, 1.54) is 25.3 Å². The van der Waals surface area contributed by atoms with Crippen molar-refractivity contribution < 1.29 is 32.2 Å². The molecule has 3 aromatic rings. The molecule has 0 spiro atoms. The molecule has 0 saturated carbocycles. The van der Waals surface area contributed by atoms with E-state index in [9.17, 15) is 27.5 Å². The van der Waals surface area contributed by atoms with E-state index >= 15 is 0 Å². The minimum atomic E-state index is -4.37. The lowest BCUT2D eigenvalue weighted by Gasteiger charge is -2.08. The second kappa shape index (κ2) is 7.67. The van der Waals surface area contributed by atoms with Crippen molar-refractivity contribution in [1.29, 1.82) is 0 Å². The van der Waals surface area contributed by atoms with Crippen LogP contribution in [-0.2, 0) is 17.8 Å². The smallest absolute Gasteiger partial charge is 0.447 e. The van der Waals surface area contributed by atoms with Gasteiger partial charge in [-0.15, -0.1) is 11.3 Å². The Labute approximate surface area is 165 Å². The van der Waals surface area contributed by atoms with E-state index in [2.05, 4.69) is 0 Å². The van der Waals surface area contributed by atoms with Crippen LogP contribution in [0.25, 0.3) is 10.9 Å². The zero-order chi connectivity index (χ0) is 20.6. The maximum absolute atomic E-state index is 14.3. The molecule has 10 heteroatoms. The van der Waals surface area contributed by atoms with Gasteiger partial charge in [-0.1, -0.05) is 0 Å². The number of aromatic nitrogens is 1. The summed E-state index contributed by atoms with van der Waals surface area (Å²) in [5.74, 6) is -1.64. The van der Waals surface area contributed by atoms with Gasteiger partial charge in [0.2, 0.25) is 0 Å². The summed E-state index contributed by atoms with van der Waals surface area (Å²) in [5, 5.41) is 11.4. The number of thiophene rings is 1. The number of nitrogens with zero attached hydrogens (tertiary/aromatic N) is 1. The standard InChI is InChI=1S/C18H15F4NO3S2/c1-9-11(5-16(24)25)12-4-15(26-2)13(19)6-14(12)23(9)7-10-3-17(27-8-10)28-18(20,21)22/h3-4,6,8H,5,7H2,1-2H3,(H,24,25). The molecular formula is C18H15F4NO3S2. The monoisotopic (exact) mass is 433 g/mol. The van der Waals surface area contributed by atoms with Crippen molar-refractivity contribution in [2.24, 2.45) is 0 Å². The van der Waals surface area contributed by atoms with Crippen LogP contribution in [0.15, 0.2) is 27.8 Å². The average Bonchev–Trinajstić information content (AvgIpc) is 3.10. The van der Waals surface area contributed by atoms with Crippen LogP contribution in [0.3, 0.4) is 0 Å². The first-order valence-corrected chi connectivity index (χ1v) is 9.69. The molecule has 0 aliphatic rings. The van der Waals surface area contributed by atoms with Gasteiger partial charge in [0.25, 0.3) is 0 Å². The minimum Gasteiger partial charge on any atom is -0.494 e. The van der Waals surface area contributed by atoms with Crippen LogP contribution in [0.1, 0.15) is 16.8 Å². The van der Waals surface area contributed by atoms with Crippen molar-refractivity contribution in [2.45, 2.75) is 29.6 Å². The Kier molecular flexibility index (Phi) is 5.62. The molecule has 3 rings (SSSR count). The molecular weight excluding hydrogens is 418 g/mol. The highest BCUT2D eigenvalue weighted by Gasteiger charge is 2.30. The van der Waals surface area contributed by atoms with Crippen LogP contribution in [-0.4, -0.2) is 28.3 Å². The van der Waals surface area contributed by atoms with Gasteiger partial charge in [-0.2, -0.15) is 13.2 Å². The van der Waals surface area contributed by atoms with E-state index in [-0.39, 0.29) is 34.7 Å². The maximum atomic E-state index is 14.3. The first-order valence-electron chi connectivity index (χ1n) is 7.99. The molecule has 0 saturated heterocycles. The van der Waals surface area contributed by atoms with Crippen LogP contribution in [0.4, 0.5) is 17.6 Å². The lowest BCUT2D eigenvalue weighted by Crippen LogP contribution is -2.04. The molecule has 0 aliphatic carbocycles. The van der Waals surface area contributed by atoms with E-state index in [0.717, 1.165) is 11.3 Å². The van der Waals surface area contributed by atoms with E-state index in [1.54, 1.807) is 16.9 Å². The first-order chi connectivity index (χ1) is 13.1. The number of alkyl halides is 3. The predicted molar refractivity (Wildman–Crippen MR) is 99.9 cm³/mol. The molecule has 2 aromatic heterocycles. The minimum absolute atomic E-state index is 0.00399. The number of benzene rings is 1. The molecule has 0 bridgehead atoms. The van der Waals surface area contributed by atoms with Gasteiger partial charge in [0.1, 0.15) is 0 Å². The summed E-state index contributed by atoms with van der Waals surface area (Å²) in [4.78, 5) is 11.3. The van der Waals surface area contributed by atoms with E-state index in [1.807, 2.05) is 0 Å². The van der Waals surface area contributed by atoms with Gasteiger partial charge in [-0.05, 0) is 47.3 Å². The van der Waals surface area contributed by atoms with Crippen molar-refractivity contribution in [1.82, 2.24) is 4.57 Å². The van der Waals surface area contributed by atoms with E-state index in [0.29, 0.717) is 27.7 Å². The summed E-state index contributed by atoms with van der Waals surface area (Å²) >= 11 is 0.791. The number of hydrogen-bond acceptors (Lipinski definition) is 4. The van der Waals surface area contributed by atoms with Crippen LogP contribution in [0.2, 0.25) is 0 Å². The number of halogens is 4. The SMILES string of the molecule is COc1cc2c(CC(=O)O)c(C)n(Cc3csc(SC(F)(F)F)c3)c2cc1F. The van der Waals surface area contributed by atoms with Crippen LogP contribution < -0.4 is 4.74 Å². The Morgan fingerprint density at radius 3 is 2.64 bits per heavy atom. The maximum Gasteiger partial charge on any atom is 0.447 e. The fourth-order valence-corrected chi connectivity index (χ4v) is 4.76. The Hall–Kier alpha value is -2.20. The number of ether oxygens (including phenoxy) is 1. The Morgan fingerprint density at radius 2 is 2.04 bits per heavy atom. The second-order valence-corrected chi connectivity index (χ2v) is 8.32. The third kappa shape index (κ3) is 4.27. The number of carboxylic acid groups (broad SMARTS) is 1. The summed E-state index contributed by atoms with van der Waals surface area (Å²) in [5.41, 5.74) is -2.16. The second-order valence-electron chi connectivity index (χ2n) is 6.05. The molecule has 0 unspecified atom stereocenters. The number of aliphatic carboxylic acids is 1. The molecule has 0 atom stereocenters. The van der Waals surface area contributed by atoms with Gasteiger partial charge >= 0.3 is 11.5 Å².